The van der Waals surface area contributed by atoms with Crippen molar-refractivity contribution in [3.05, 3.63) is 77.9 Å². The standard InChI is InChI=1S/C19H18N6O/c1-13(15-6-8-17(9-7-15)25-12-22-11-23-25)24-18(19(21)26)16-4-2-14(10-20)3-5-16/h2-9,11-13,18,24H,1H3,(H2,21,26)/t13-,18-/m1/s1. The molecule has 0 spiro atoms. The number of nitriles is 1. The van der Waals surface area contributed by atoms with Gasteiger partial charge in [0.1, 0.15) is 18.7 Å². The van der Waals surface area contributed by atoms with Crippen LogP contribution in [0.1, 0.15) is 35.7 Å². The van der Waals surface area contributed by atoms with Crippen LogP contribution in [0.4, 0.5) is 0 Å². The second kappa shape index (κ2) is 7.59. The van der Waals surface area contributed by atoms with E-state index in [-0.39, 0.29) is 6.04 Å². The average molecular weight is 346 g/mol. The van der Waals surface area contributed by atoms with Gasteiger partial charge in [-0.3, -0.25) is 10.1 Å². The van der Waals surface area contributed by atoms with Gasteiger partial charge in [-0.1, -0.05) is 24.3 Å². The fraction of sp³-hybridized carbons (Fsp3) is 0.158. The predicted octanol–water partition coefficient (Wildman–Crippen LogP) is 2.02. The molecule has 7 heteroatoms. The summed E-state index contributed by atoms with van der Waals surface area (Å²) in [5, 5.41) is 16.2. The van der Waals surface area contributed by atoms with Gasteiger partial charge in [0.2, 0.25) is 5.91 Å². The van der Waals surface area contributed by atoms with E-state index in [2.05, 4.69) is 21.5 Å². The van der Waals surface area contributed by atoms with Gasteiger partial charge in [-0.05, 0) is 42.3 Å². The maximum Gasteiger partial charge on any atom is 0.239 e. The monoisotopic (exact) mass is 346 g/mol. The van der Waals surface area contributed by atoms with Crippen LogP contribution in [-0.2, 0) is 4.79 Å². The number of benzene rings is 2. The molecular weight excluding hydrogens is 328 g/mol. The Hall–Kier alpha value is -3.50. The summed E-state index contributed by atoms with van der Waals surface area (Å²) in [4.78, 5) is 15.8. The van der Waals surface area contributed by atoms with Gasteiger partial charge >= 0.3 is 0 Å². The number of rotatable bonds is 6. The third-order valence-electron chi connectivity index (χ3n) is 4.15. The highest BCUT2D eigenvalue weighted by molar-refractivity contribution is 5.81. The topological polar surface area (TPSA) is 110 Å². The Morgan fingerprint density at radius 3 is 2.35 bits per heavy atom. The first-order valence-electron chi connectivity index (χ1n) is 8.09. The lowest BCUT2D eigenvalue weighted by atomic mass is 10.0. The fourth-order valence-corrected chi connectivity index (χ4v) is 2.70. The van der Waals surface area contributed by atoms with Gasteiger partial charge in [0, 0.05) is 6.04 Å². The summed E-state index contributed by atoms with van der Waals surface area (Å²) in [5.41, 5.74) is 8.74. The molecule has 0 bridgehead atoms. The summed E-state index contributed by atoms with van der Waals surface area (Å²) in [6.45, 7) is 1.96. The zero-order valence-electron chi connectivity index (χ0n) is 14.2. The zero-order valence-corrected chi connectivity index (χ0v) is 14.2. The molecule has 3 rings (SSSR count). The number of carbonyl (C=O) groups excluding carboxylic acids is 1. The molecule has 0 aliphatic heterocycles. The van der Waals surface area contributed by atoms with Crippen LogP contribution >= 0.6 is 0 Å². The van der Waals surface area contributed by atoms with Crippen LogP contribution in [0.2, 0.25) is 0 Å². The maximum atomic E-state index is 11.9. The second-order valence-electron chi connectivity index (χ2n) is 5.89. The number of nitrogens with two attached hydrogens (primary N) is 1. The molecule has 0 aliphatic carbocycles. The molecule has 7 nitrogen and oxygen atoms in total. The Bertz CT molecular complexity index is 910. The lowest BCUT2D eigenvalue weighted by Crippen LogP contribution is -2.35. The van der Waals surface area contributed by atoms with Crippen molar-refractivity contribution in [1.29, 1.82) is 5.26 Å². The van der Waals surface area contributed by atoms with Gasteiger partial charge in [0.05, 0.1) is 17.3 Å². The molecule has 1 heterocycles. The van der Waals surface area contributed by atoms with Crippen LogP contribution in [0, 0.1) is 11.3 Å². The maximum absolute atomic E-state index is 11.9. The normalized spacial score (nSPS) is 12.9. The van der Waals surface area contributed by atoms with Crippen LogP contribution in [-0.4, -0.2) is 20.7 Å². The first-order chi connectivity index (χ1) is 12.6. The largest absolute Gasteiger partial charge is 0.368 e. The van der Waals surface area contributed by atoms with Crippen molar-refractivity contribution in [2.45, 2.75) is 19.0 Å². The van der Waals surface area contributed by atoms with Crippen molar-refractivity contribution in [3.8, 4) is 11.8 Å². The predicted molar refractivity (Wildman–Crippen MR) is 96.0 cm³/mol. The highest BCUT2D eigenvalue weighted by Crippen LogP contribution is 2.21. The lowest BCUT2D eigenvalue weighted by Gasteiger charge is -2.22. The Morgan fingerprint density at radius 1 is 1.15 bits per heavy atom. The molecule has 0 radical (unpaired) electrons. The number of nitrogens with zero attached hydrogens (tertiary/aromatic N) is 4. The number of aromatic nitrogens is 3. The van der Waals surface area contributed by atoms with Crippen LogP contribution in [0.5, 0.6) is 0 Å². The molecule has 3 aromatic rings. The van der Waals surface area contributed by atoms with E-state index in [0.29, 0.717) is 5.56 Å². The molecule has 0 saturated carbocycles. The highest BCUT2D eigenvalue weighted by atomic mass is 16.1. The van der Waals surface area contributed by atoms with Gasteiger partial charge < -0.3 is 5.73 Å². The van der Waals surface area contributed by atoms with Gasteiger partial charge in [-0.2, -0.15) is 10.4 Å². The third-order valence-corrected chi connectivity index (χ3v) is 4.15. The summed E-state index contributed by atoms with van der Waals surface area (Å²) >= 11 is 0. The van der Waals surface area contributed by atoms with Gasteiger partial charge in [0.15, 0.2) is 0 Å². The minimum absolute atomic E-state index is 0.104. The van der Waals surface area contributed by atoms with Gasteiger partial charge in [-0.25, -0.2) is 9.67 Å². The molecule has 0 saturated heterocycles. The first kappa shape index (κ1) is 17.3. The SMILES string of the molecule is C[C@@H](N[C@@H](C(N)=O)c1ccc(C#N)cc1)c1ccc(-n2cncn2)cc1. The first-order valence-corrected chi connectivity index (χ1v) is 8.09. The van der Waals surface area contributed by atoms with E-state index >= 15 is 0 Å². The smallest absolute Gasteiger partial charge is 0.239 e. The Kier molecular flexibility index (Phi) is 5.06. The second-order valence-corrected chi connectivity index (χ2v) is 5.89. The van der Waals surface area contributed by atoms with E-state index in [1.165, 1.54) is 6.33 Å². The van der Waals surface area contributed by atoms with Crippen molar-refractivity contribution >= 4 is 5.91 Å². The quantitative estimate of drug-likeness (QED) is 0.709. The van der Waals surface area contributed by atoms with Crippen molar-refractivity contribution in [3.63, 3.8) is 0 Å². The number of amides is 1. The number of primary amides is 1. The molecule has 2 atom stereocenters. The van der Waals surface area contributed by atoms with Crippen molar-refractivity contribution < 1.29 is 4.79 Å². The molecule has 1 amide bonds. The lowest BCUT2D eigenvalue weighted by molar-refractivity contribution is -0.120. The third kappa shape index (κ3) is 3.77. The molecule has 3 N–H and O–H groups in total. The summed E-state index contributed by atoms with van der Waals surface area (Å²) in [6, 6.07) is 15.9. The number of hydrogen-bond donors (Lipinski definition) is 2. The van der Waals surface area contributed by atoms with Crippen molar-refractivity contribution in [1.82, 2.24) is 20.1 Å². The van der Waals surface area contributed by atoms with Gasteiger partial charge in [0.25, 0.3) is 0 Å². The fourth-order valence-electron chi connectivity index (χ4n) is 2.70. The Morgan fingerprint density at radius 2 is 1.81 bits per heavy atom. The molecule has 0 aliphatic rings. The molecule has 0 unspecified atom stereocenters. The van der Waals surface area contributed by atoms with Crippen molar-refractivity contribution in [2.75, 3.05) is 0 Å². The van der Waals surface area contributed by atoms with Crippen LogP contribution < -0.4 is 11.1 Å². The van der Waals surface area contributed by atoms with E-state index < -0.39 is 11.9 Å². The van der Waals surface area contributed by atoms with E-state index in [1.54, 1.807) is 35.3 Å². The van der Waals surface area contributed by atoms with Crippen LogP contribution in [0.25, 0.3) is 5.69 Å². The average Bonchev–Trinajstić information content (AvgIpc) is 3.21. The number of nitrogens with one attached hydrogen (secondary N) is 1. The minimum Gasteiger partial charge on any atom is -0.368 e. The Labute approximate surface area is 151 Å². The van der Waals surface area contributed by atoms with E-state index in [1.807, 2.05) is 31.2 Å². The molecule has 1 aromatic heterocycles. The highest BCUT2D eigenvalue weighted by Gasteiger charge is 2.20. The van der Waals surface area contributed by atoms with Crippen LogP contribution in [0.15, 0.2) is 61.2 Å². The summed E-state index contributed by atoms with van der Waals surface area (Å²) in [6.07, 6.45) is 3.11. The van der Waals surface area contributed by atoms with E-state index in [4.69, 9.17) is 11.0 Å². The Balaban J connectivity index is 1.76. The molecular formula is C19H18N6O. The van der Waals surface area contributed by atoms with E-state index in [0.717, 1.165) is 16.8 Å². The summed E-state index contributed by atoms with van der Waals surface area (Å²) in [5.74, 6) is -0.471. The summed E-state index contributed by atoms with van der Waals surface area (Å²) in [7, 11) is 0. The number of carbonyl (C=O) groups is 1. The summed E-state index contributed by atoms with van der Waals surface area (Å²) < 4.78 is 1.67. The minimum atomic E-state index is -0.646. The van der Waals surface area contributed by atoms with Crippen molar-refractivity contribution in [2.24, 2.45) is 5.73 Å². The van der Waals surface area contributed by atoms with Crippen LogP contribution in [0.3, 0.4) is 0 Å². The molecule has 26 heavy (non-hydrogen) atoms. The van der Waals surface area contributed by atoms with E-state index in [9.17, 15) is 4.79 Å². The zero-order chi connectivity index (χ0) is 18.5. The molecule has 2 aromatic carbocycles. The van der Waals surface area contributed by atoms with Gasteiger partial charge in [-0.15, -0.1) is 0 Å². The molecule has 130 valence electrons. The molecule has 0 fully saturated rings. The number of hydrogen-bond acceptors (Lipinski definition) is 5.